The summed E-state index contributed by atoms with van der Waals surface area (Å²) in [5.74, 6) is 0.0303. The van der Waals surface area contributed by atoms with E-state index in [2.05, 4.69) is 39.3 Å². The molecule has 108 valence electrons. The molecule has 0 fully saturated rings. The topological polar surface area (TPSA) is 74.7 Å². The van der Waals surface area contributed by atoms with Gasteiger partial charge in [0, 0.05) is 13.1 Å². The van der Waals surface area contributed by atoms with Gasteiger partial charge in [0.1, 0.15) is 5.69 Å². The number of fused-ring (bicyclic) bond motifs is 1. The van der Waals surface area contributed by atoms with Gasteiger partial charge in [0.05, 0.1) is 11.9 Å². The summed E-state index contributed by atoms with van der Waals surface area (Å²) in [5, 5.41) is 11.6. The first-order valence-electron chi connectivity index (χ1n) is 7.03. The molecule has 0 amide bonds. The summed E-state index contributed by atoms with van der Waals surface area (Å²) in [4.78, 5) is 6.57. The van der Waals surface area contributed by atoms with Gasteiger partial charge >= 0.3 is 0 Å². The first-order chi connectivity index (χ1) is 10.3. The van der Waals surface area contributed by atoms with Crippen molar-refractivity contribution in [1.82, 2.24) is 4.98 Å². The summed E-state index contributed by atoms with van der Waals surface area (Å²) in [7, 11) is 0. The molecular formula is C16H18N4O. The minimum Gasteiger partial charge on any atom is -0.409 e. The molecule has 2 heterocycles. The van der Waals surface area contributed by atoms with E-state index in [1.807, 2.05) is 6.07 Å². The quantitative estimate of drug-likeness (QED) is 0.383. The standard InChI is InChI=1S/C16H18N4O/c17-16(19-21)15-8-7-14(10-18-15)20-9-3-6-12-4-1-2-5-13(12)11-20/h1-2,4-5,7-8,10,21H,3,6,9,11H2,(H2,17,19). The summed E-state index contributed by atoms with van der Waals surface area (Å²) >= 11 is 0. The Labute approximate surface area is 123 Å². The van der Waals surface area contributed by atoms with E-state index in [1.54, 1.807) is 12.3 Å². The Kier molecular flexibility index (Phi) is 3.73. The second kappa shape index (κ2) is 5.83. The minimum atomic E-state index is 0.0303. The monoisotopic (exact) mass is 282 g/mol. The first kappa shape index (κ1) is 13.4. The molecule has 0 radical (unpaired) electrons. The van der Waals surface area contributed by atoms with Crippen LogP contribution in [-0.4, -0.2) is 22.6 Å². The fraction of sp³-hybridized carbons (Fsp3) is 0.250. The fourth-order valence-corrected chi connectivity index (χ4v) is 2.70. The zero-order chi connectivity index (χ0) is 14.7. The number of hydrogen-bond donors (Lipinski definition) is 2. The zero-order valence-corrected chi connectivity index (χ0v) is 11.7. The van der Waals surface area contributed by atoms with Crippen LogP contribution in [0.3, 0.4) is 0 Å². The molecule has 21 heavy (non-hydrogen) atoms. The lowest BCUT2D eigenvalue weighted by molar-refractivity contribution is 0.318. The van der Waals surface area contributed by atoms with E-state index in [1.165, 1.54) is 11.1 Å². The van der Waals surface area contributed by atoms with Crippen LogP contribution in [0.1, 0.15) is 23.2 Å². The summed E-state index contributed by atoms with van der Waals surface area (Å²) in [6, 6.07) is 12.3. The van der Waals surface area contributed by atoms with Crippen LogP contribution >= 0.6 is 0 Å². The molecule has 3 rings (SSSR count). The summed E-state index contributed by atoms with van der Waals surface area (Å²) in [5.41, 5.74) is 9.88. The van der Waals surface area contributed by atoms with E-state index in [4.69, 9.17) is 10.9 Å². The van der Waals surface area contributed by atoms with Gasteiger partial charge in [0.2, 0.25) is 0 Å². The molecule has 3 N–H and O–H groups in total. The molecule has 0 saturated carbocycles. The van der Waals surface area contributed by atoms with Gasteiger partial charge in [0.15, 0.2) is 5.84 Å². The number of aromatic nitrogens is 1. The smallest absolute Gasteiger partial charge is 0.188 e. The highest BCUT2D eigenvalue weighted by Crippen LogP contribution is 2.23. The maximum atomic E-state index is 8.67. The van der Waals surface area contributed by atoms with Gasteiger partial charge in [0.25, 0.3) is 0 Å². The average molecular weight is 282 g/mol. The van der Waals surface area contributed by atoms with Gasteiger partial charge in [-0.05, 0) is 36.1 Å². The van der Waals surface area contributed by atoms with Gasteiger partial charge in [-0.2, -0.15) is 0 Å². The number of anilines is 1. The molecule has 0 unspecified atom stereocenters. The normalized spacial score (nSPS) is 15.4. The number of oxime groups is 1. The van der Waals surface area contributed by atoms with E-state index in [0.29, 0.717) is 5.69 Å². The van der Waals surface area contributed by atoms with Crippen LogP contribution in [0.4, 0.5) is 5.69 Å². The number of nitrogens with two attached hydrogens (primary N) is 1. The van der Waals surface area contributed by atoms with Gasteiger partial charge in [-0.3, -0.25) is 4.98 Å². The van der Waals surface area contributed by atoms with E-state index >= 15 is 0 Å². The van der Waals surface area contributed by atoms with Crippen molar-refractivity contribution in [2.75, 3.05) is 11.4 Å². The first-order valence-corrected chi connectivity index (χ1v) is 7.03. The van der Waals surface area contributed by atoms with Gasteiger partial charge < -0.3 is 15.8 Å². The number of pyridine rings is 1. The second-order valence-electron chi connectivity index (χ2n) is 5.18. The average Bonchev–Trinajstić information content (AvgIpc) is 2.76. The summed E-state index contributed by atoms with van der Waals surface area (Å²) < 4.78 is 0. The SMILES string of the molecule is N/C(=N/O)c1ccc(N2CCCc3ccccc3C2)cn1. The fourth-order valence-electron chi connectivity index (χ4n) is 2.70. The molecule has 0 spiro atoms. The molecule has 0 aliphatic carbocycles. The zero-order valence-electron chi connectivity index (χ0n) is 11.7. The Balaban J connectivity index is 1.84. The third-order valence-corrected chi connectivity index (χ3v) is 3.84. The number of rotatable bonds is 2. The van der Waals surface area contributed by atoms with Crippen LogP contribution in [0.5, 0.6) is 0 Å². The van der Waals surface area contributed by atoms with Crippen molar-refractivity contribution >= 4 is 11.5 Å². The maximum absolute atomic E-state index is 8.67. The second-order valence-corrected chi connectivity index (χ2v) is 5.18. The summed E-state index contributed by atoms with van der Waals surface area (Å²) in [6.07, 6.45) is 4.02. The third-order valence-electron chi connectivity index (χ3n) is 3.84. The Morgan fingerprint density at radius 2 is 2.00 bits per heavy atom. The lowest BCUT2D eigenvalue weighted by Gasteiger charge is -2.23. The van der Waals surface area contributed by atoms with Crippen LogP contribution in [0.25, 0.3) is 0 Å². The van der Waals surface area contributed by atoms with Crippen LogP contribution in [0, 0.1) is 0 Å². The predicted molar refractivity (Wildman–Crippen MR) is 82.6 cm³/mol. The largest absolute Gasteiger partial charge is 0.409 e. The van der Waals surface area contributed by atoms with Crippen molar-refractivity contribution in [1.29, 1.82) is 0 Å². The Hall–Kier alpha value is -2.56. The number of aryl methyl sites for hydroxylation is 1. The van der Waals surface area contributed by atoms with Gasteiger partial charge in [-0.15, -0.1) is 0 Å². The summed E-state index contributed by atoms with van der Waals surface area (Å²) in [6.45, 7) is 1.89. The van der Waals surface area contributed by atoms with Crippen LogP contribution in [-0.2, 0) is 13.0 Å². The van der Waals surface area contributed by atoms with Crippen LogP contribution < -0.4 is 10.6 Å². The van der Waals surface area contributed by atoms with Crippen molar-refractivity contribution in [2.24, 2.45) is 10.9 Å². The highest BCUT2D eigenvalue weighted by molar-refractivity contribution is 5.95. The van der Waals surface area contributed by atoms with E-state index in [-0.39, 0.29) is 5.84 Å². The molecule has 5 heteroatoms. The Morgan fingerprint density at radius 3 is 2.71 bits per heavy atom. The minimum absolute atomic E-state index is 0.0303. The van der Waals surface area contributed by atoms with Crippen molar-refractivity contribution in [3.05, 3.63) is 59.4 Å². The van der Waals surface area contributed by atoms with Crippen LogP contribution in [0.15, 0.2) is 47.8 Å². The highest BCUT2D eigenvalue weighted by atomic mass is 16.4. The Morgan fingerprint density at radius 1 is 1.19 bits per heavy atom. The lowest BCUT2D eigenvalue weighted by atomic mass is 10.0. The third kappa shape index (κ3) is 2.81. The molecule has 1 aromatic heterocycles. The molecule has 0 atom stereocenters. The van der Waals surface area contributed by atoms with Crippen molar-refractivity contribution in [3.8, 4) is 0 Å². The van der Waals surface area contributed by atoms with E-state index in [9.17, 15) is 0 Å². The molecule has 5 nitrogen and oxygen atoms in total. The molecule has 0 bridgehead atoms. The maximum Gasteiger partial charge on any atom is 0.188 e. The number of amidine groups is 1. The molecule has 1 aromatic carbocycles. The van der Waals surface area contributed by atoms with Gasteiger partial charge in [-0.25, -0.2) is 0 Å². The van der Waals surface area contributed by atoms with Gasteiger partial charge in [-0.1, -0.05) is 29.4 Å². The number of nitrogens with zero attached hydrogens (tertiary/aromatic N) is 3. The van der Waals surface area contributed by atoms with Crippen molar-refractivity contribution < 1.29 is 5.21 Å². The number of benzene rings is 1. The number of hydrogen-bond acceptors (Lipinski definition) is 4. The predicted octanol–water partition coefficient (Wildman–Crippen LogP) is 2.13. The molecule has 1 aliphatic rings. The van der Waals surface area contributed by atoms with Crippen molar-refractivity contribution in [2.45, 2.75) is 19.4 Å². The molecular weight excluding hydrogens is 264 g/mol. The van der Waals surface area contributed by atoms with Crippen LogP contribution in [0.2, 0.25) is 0 Å². The molecule has 0 saturated heterocycles. The Bertz CT molecular complexity index is 652. The van der Waals surface area contributed by atoms with E-state index < -0.39 is 0 Å². The molecule has 2 aromatic rings. The van der Waals surface area contributed by atoms with Crippen molar-refractivity contribution in [3.63, 3.8) is 0 Å². The lowest BCUT2D eigenvalue weighted by Crippen LogP contribution is -2.23. The van der Waals surface area contributed by atoms with E-state index in [0.717, 1.165) is 31.6 Å². The highest BCUT2D eigenvalue weighted by Gasteiger charge is 2.14. The molecule has 1 aliphatic heterocycles.